The van der Waals surface area contributed by atoms with Gasteiger partial charge in [0.1, 0.15) is 5.75 Å². The molecule has 1 aliphatic rings. The van der Waals surface area contributed by atoms with Crippen LogP contribution in [0.15, 0.2) is 12.1 Å². The molecule has 20 heavy (non-hydrogen) atoms. The molecule has 0 N–H and O–H groups in total. The van der Waals surface area contributed by atoms with Crippen molar-refractivity contribution in [2.45, 2.75) is 37.9 Å². The van der Waals surface area contributed by atoms with E-state index in [-0.39, 0.29) is 0 Å². The van der Waals surface area contributed by atoms with Crippen LogP contribution in [0.4, 0.5) is 0 Å². The quantitative estimate of drug-likeness (QED) is 0.563. The number of benzene rings is 1. The van der Waals surface area contributed by atoms with Crippen LogP contribution in [0.25, 0.3) is 0 Å². The molecule has 1 heterocycles. The number of hydrogen-bond donors (Lipinski definition) is 2. The van der Waals surface area contributed by atoms with Gasteiger partial charge < -0.3 is 14.2 Å². The fourth-order valence-electron chi connectivity index (χ4n) is 2.14. The molecule has 1 unspecified atom stereocenters. The standard InChI is InChI=1S/C15H22O3S2/c1-11-8-14-15(18-10-17-14)9-13(11)16-6-3-2-4-12(20)5-7-19/h8-9,12,19-20H,2-7,10H2,1H3. The van der Waals surface area contributed by atoms with Gasteiger partial charge in [0, 0.05) is 11.3 Å². The predicted octanol–water partition coefficient (Wildman–Crippen LogP) is 3.89. The van der Waals surface area contributed by atoms with Crippen molar-refractivity contribution in [3.8, 4) is 17.2 Å². The predicted molar refractivity (Wildman–Crippen MR) is 87.9 cm³/mol. The maximum Gasteiger partial charge on any atom is 0.231 e. The Morgan fingerprint density at radius 1 is 1.20 bits per heavy atom. The van der Waals surface area contributed by atoms with Gasteiger partial charge in [0.15, 0.2) is 11.5 Å². The Morgan fingerprint density at radius 3 is 2.70 bits per heavy atom. The Labute approximate surface area is 131 Å². The average molecular weight is 314 g/mol. The second-order valence-corrected chi connectivity index (χ2v) is 6.16. The van der Waals surface area contributed by atoms with E-state index in [1.54, 1.807) is 0 Å². The van der Waals surface area contributed by atoms with Crippen LogP contribution in [-0.2, 0) is 0 Å². The van der Waals surface area contributed by atoms with E-state index in [0.717, 1.165) is 60.9 Å². The van der Waals surface area contributed by atoms with E-state index in [9.17, 15) is 0 Å². The minimum atomic E-state index is 0.298. The first-order valence-electron chi connectivity index (χ1n) is 7.02. The lowest BCUT2D eigenvalue weighted by Crippen LogP contribution is -2.03. The molecule has 0 fully saturated rings. The third-order valence-electron chi connectivity index (χ3n) is 3.32. The second-order valence-electron chi connectivity index (χ2n) is 4.98. The normalized spacial score (nSPS) is 14.3. The summed E-state index contributed by atoms with van der Waals surface area (Å²) in [4.78, 5) is 0. The molecule has 0 bridgehead atoms. The molecule has 1 aromatic rings. The lowest BCUT2D eigenvalue weighted by Gasteiger charge is -2.11. The zero-order valence-corrected chi connectivity index (χ0v) is 13.6. The molecule has 0 spiro atoms. The maximum absolute atomic E-state index is 5.83. The number of fused-ring (bicyclic) bond motifs is 1. The van der Waals surface area contributed by atoms with Crippen molar-refractivity contribution in [2.75, 3.05) is 19.2 Å². The van der Waals surface area contributed by atoms with E-state index >= 15 is 0 Å². The molecular formula is C15H22O3S2. The van der Waals surface area contributed by atoms with E-state index in [0.29, 0.717) is 12.0 Å². The fourth-order valence-corrected chi connectivity index (χ4v) is 2.96. The number of aryl methyl sites for hydroxylation is 1. The van der Waals surface area contributed by atoms with Crippen molar-refractivity contribution in [1.29, 1.82) is 0 Å². The van der Waals surface area contributed by atoms with Crippen molar-refractivity contribution < 1.29 is 14.2 Å². The van der Waals surface area contributed by atoms with E-state index in [1.165, 1.54) is 0 Å². The summed E-state index contributed by atoms with van der Waals surface area (Å²) in [6, 6.07) is 3.88. The van der Waals surface area contributed by atoms with Gasteiger partial charge in [-0.25, -0.2) is 0 Å². The molecule has 3 nitrogen and oxygen atoms in total. The molecule has 5 heteroatoms. The summed E-state index contributed by atoms with van der Waals surface area (Å²) in [6.45, 7) is 3.04. The van der Waals surface area contributed by atoms with E-state index in [2.05, 4.69) is 25.3 Å². The highest BCUT2D eigenvalue weighted by atomic mass is 32.1. The van der Waals surface area contributed by atoms with Crippen LogP contribution in [0.1, 0.15) is 31.2 Å². The van der Waals surface area contributed by atoms with Crippen molar-refractivity contribution in [3.63, 3.8) is 0 Å². The molecule has 1 aliphatic heterocycles. The largest absolute Gasteiger partial charge is 0.493 e. The fraction of sp³-hybridized carbons (Fsp3) is 0.600. The molecule has 0 amide bonds. The van der Waals surface area contributed by atoms with Gasteiger partial charge in [-0.3, -0.25) is 0 Å². The number of ether oxygens (including phenoxy) is 3. The first kappa shape index (κ1) is 15.7. The number of rotatable bonds is 8. The minimum absolute atomic E-state index is 0.298. The first-order valence-corrected chi connectivity index (χ1v) is 8.17. The smallest absolute Gasteiger partial charge is 0.231 e. The van der Waals surface area contributed by atoms with Gasteiger partial charge in [-0.1, -0.05) is 0 Å². The first-order chi connectivity index (χ1) is 9.70. The second kappa shape index (κ2) is 7.93. The van der Waals surface area contributed by atoms with Crippen LogP contribution in [-0.4, -0.2) is 24.4 Å². The highest BCUT2D eigenvalue weighted by Crippen LogP contribution is 2.37. The average Bonchev–Trinajstić information content (AvgIpc) is 2.85. The van der Waals surface area contributed by atoms with Crippen LogP contribution < -0.4 is 14.2 Å². The van der Waals surface area contributed by atoms with Crippen molar-refractivity contribution in [3.05, 3.63) is 17.7 Å². The highest BCUT2D eigenvalue weighted by molar-refractivity contribution is 7.81. The van der Waals surface area contributed by atoms with E-state index in [1.807, 2.05) is 19.1 Å². The zero-order chi connectivity index (χ0) is 14.4. The molecular weight excluding hydrogens is 292 g/mol. The van der Waals surface area contributed by atoms with Gasteiger partial charge in [0.2, 0.25) is 6.79 Å². The lowest BCUT2D eigenvalue weighted by molar-refractivity contribution is 0.173. The van der Waals surface area contributed by atoms with Gasteiger partial charge in [-0.15, -0.1) is 0 Å². The van der Waals surface area contributed by atoms with Gasteiger partial charge >= 0.3 is 0 Å². The molecule has 2 rings (SSSR count). The van der Waals surface area contributed by atoms with E-state index < -0.39 is 0 Å². The van der Waals surface area contributed by atoms with Gasteiger partial charge in [-0.05, 0) is 50.0 Å². The molecule has 1 aromatic carbocycles. The molecule has 0 saturated heterocycles. The van der Waals surface area contributed by atoms with E-state index in [4.69, 9.17) is 14.2 Å². The number of unbranched alkanes of at least 4 members (excludes halogenated alkanes) is 1. The molecule has 0 saturated carbocycles. The third kappa shape index (κ3) is 4.42. The summed E-state index contributed by atoms with van der Waals surface area (Å²) < 4.78 is 16.5. The van der Waals surface area contributed by atoms with Gasteiger partial charge in [-0.2, -0.15) is 25.3 Å². The summed E-state index contributed by atoms with van der Waals surface area (Å²) in [5, 5.41) is 0.458. The Morgan fingerprint density at radius 2 is 1.95 bits per heavy atom. The van der Waals surface area contributed by atoms with Crippen LogP contribution in [0.3, 0.4) is 0 Å². The highest BCUT2D eigenvalue weighted by Gasteiger charge is 2.16. The Balaban J connectivity index is 1.72. The summed E-state index contributed by atoms with van der Waals surface area (Å²) >= 11 is 8.74. The Bertz CT molecular complexity index is 437. The van der Waals surface area contributed by atoms with Crippen molar-refractivity contribution in [1.82, 2.24) is 0 Å². The Kier molecular flexibility index (Phi) is 6.23. The third-order valence-corrected chi connectivity index (χ3v) is 4.10. The summed E-state index contributed by atoms with van der Waals surface area (Å²) in [6.07, 6.45) is 4.35. The lowest BCUT2D eigenvalue weighted by atomic mass is 10.1. The number of thiol groups is 2. The summed E-state index contributed by atoms with van der Waals surface area (Å²) in [7, 11) is 0. The van der Waals surface area contributed by atoms with Crippen LogP contribution in [0, 0.1) is 6.92 Å². The van der Waals surface area contributed by atoms with Crippen LogP contribution in [0.2, 0.25) is 0 Å². The monoisotopic (exact) mass is 314 g/mol. The maximum atomic E-state index is 5.83. The summed E-state index contributed by atoms with van der Waals surface area (Å²) in [5.41, 5.74) is 1.08. The SMILES string of the molecule is Cc1cc2c(cc1OCCCCC(S)CCS)OCO2. The molecule has 0 radical (unpaired) electrons. The molecule has 1 atom stereocenters. The van der Waals surface area contributed by atoms with Crippen LogP contribution >= 0.6 is 25.3 Å². The van der Waals surface area contributed by atoms with Crippen molar-refractivity contribution >= 4 is 25.3 Å². The minimum Gasteiger partial charge on any atom is -0.493 e. The molecule has 0 aromatic heterocycles. The molecule has 112 valence electrons. The Hall–Kier alpha value is -0.680. The number of hydrogen-bond acceptors (Lipinski definition) is 5. The van der Waals surface area contributed by atoms with Crippen LogP contribution in [0.5, 0.6) is 17.2 Å². The zero-order valence-electron chi connectivity index (χ0n) is 11.8. The topological polar surface area (TPSA) is 27.7 Å². The van der Waals surface area contributed by atoms with Crippen molar-refractivity contribution in [2.24, 2.45) is 0 Å². The summed E-state index contributed by atoms with van der Waals surface area (Å²) in [5.74, 6) is 3.36. The van der Waals surface area contributed by atoms with Gasteiger partial charge in [0.25, 0.3) is 0 Å². The molecule has 0 aliphatic carbocycles. The van der Waals surface area contributed by atoms with Gasteiger partial charge in [0.05, 0.1) is 6.61 Å².